The highest BCUT2D eigenvalue weighted by Crippen LogP contribution is 2.33. The number of benzene rings is 1. The summed E-state index contributed by atoms with van der Waals surface area (Å²) < 4.78 is 7.52. The molecule has 1 aromatic heterocycles. The summed E-state index contributed by atoms with van der Waals surface area (Å²) in [6, 6.07) is 7.19. The minimum atomic E-state index is -1.04. The van der Waals surface area contributed by atoms with Crippen LogP contribution >= 0.6 is 0 Å². The Morgan fingerprint density at radius 1 is 1.43 bits per heavy atom. The van der Waals surface area contributed by atoms with Crippen LogP contribution in [0.3, 0.4) is 0 Å². The van der Waals surface area contributed by atoms with Gasteiger partial charge >= 0.3 is 5.97 Å². The van der Waals surface area contributed by atoms with E-state index in [1.54, 1.807) is 10.8 Å². The first-order valence-corrected chi connectivity index (χ1v) is 7.39. The van der Waals surface area contributed by atoms with Crippen molar-refractivity contribution in [2.45, 2.75) is 19.9 Å². The molecule has 0 bridgehead atoms. The number of para-hydroxylation sites is 1. The SMILES string of the molecule is CC(C)COc1ccccc1[C@@H]1C=C(C(=O)O)Nc2ncnn21. The molecule has 7 nitrogen and oxygen atoms in total. The second-order valence-electron chi connectivity index (χ2n) is 5.73. The highest BCUT2D eigenvalue weighted by molar-refractivity contribution is 5.90. The molecule has 0 aliphatic carbocycles. The molecule has 0 saturated carbocycles. The van der Waals surface area contributed by atoms with E-state index in [-0.39, 0.29) is 11.7 Å². The van der Waals surface area contributed by atoms with E-state index >= 15 is 0 Å². The Kier molecular flexibility index (Phi) is 4.01. The van der Waals surface area contributed by atoms with E-state index < -0.39 is 5.97 Å². The Bertz CT molecular complexity index is 751. The molecule has 0 spiro atoms. The molecule has 2 heterocycles. The number of aliphatic carboxylic acids is 1. The molecular weight excluding hydrogens is 296 g/mol. The molecule has 1 atom stereocenters. The van der Waals surface area contributed by atoms with Crippen molar-refractivity contribution in [1.29, 1.82) is 0 Å². The van der Waals surface area contributed by atoms with Crippen LogP contribution in [-0.4, -0.2) is 32.4 Å². The Morgan fingerprint density at radius 3 is 2.96 bits per heavy atom. The predicted molar refractivity (Wildman–Crippen MR) is 84.3 cm³/mol. The summed E-state index contributed by atoms with van der Waals surface area (Å²) in [6.07, 6.45) is 3.01. The lowest BCUT2D eigenvalue weighted by atomic mass is 10.0. The first-order valence-electron chi connectivity index (χ1n) is 7.39. The van der Waals surface area contributed by atoms with Crippen LogP contribution in [0, 0.1) is 5.92 Å². The number of aromatic nitrogens is 3. The average Bonchev–Trinajstić information content (AvgIpc) is 3.00. The maximum absolute atomic E-state index is 11.3. The highest BCUT2D eigenvalue weighted by atomic mass is 16.5. The molecule has 2 aromatic rings. The molecule has 120 valence electrons. The summed E-state index contributed by atoms with van der Waals surface area (Å²) >= 11 is 0. The Labute approximate surface area is 133 Å². The molecular formula is C16H18N4O3. The number of fused-ring (bicyclic) bond motifs is 1. The van der Waals surface area contributed by atoms with Crippen LogP contribution in [0.1, 0.15) is 25.5 Å². The van der Waals surface area contributed by atoms with Gasteiger partial charge in [0.05, 0.1) is 6.61 Å². The van der Waals surface area contributed by atoms with Gasteiger partial charge in [-0.15, -0.1) is 0 Å². The van der Waals surface area contributed by atoms with Crippen LogP contribution < -0.4 is 10.1 Å². The smallest absolute Gasteiger partial charge is 0.352 e. The molecule has 1 aliphatic rings. The van der Waals surface area contributed by atoms with Gasteiger partial charge in [-0.3, -0.25) is 0 Å². The number of allylic oxidation sites excluding steroid dienone is 1. The monoisotopic (exact) mass is 314 g/mol. The van der Waals surface area contributed by atoms with E-state index in [4.69, 9.17) is 4.74 Å². The number of ether oxygens (including phenoxy) is 1. The van der Waals surface area contributed by atoms with E-state index in [1.807, 2.05) is 24.3 Å². The fraction of sp³-hybridized carbons (Fsp3) is 0.312. The first-order chi connectivity index (χ1) is 11.1. The van der Waals surface area contributed by atoms with Gasteiger partial charge < -0.3 is 15.2 Å². The molecule has 0 amide bonds. The second kappa shape index (κ2) is 6.12. The van der Waals surface area contributed by atoms with Gasteiger partial charge in [-0.05, 0) is 18.1 Å². The van der Waals surface area contributed by atoms with Crippen LogP contribution in [-0.2, 0) is 4.79 Å². The third-order valence-corrected chi connectivity index (χ3v) is 3.45. The molecule has 1 aliphatic heterocycles. The number of hydrogen-bond donors (Lipinski definition) is 2. The van der Waals surface area contributed by atoms with Gasteiger partial charge in [0, 0.05) is 5.56 Å². The normalized spacial score (nSPS) is 16.5. The van der Waals surface area contributed by atoms with Crippen LogP contribution in [0.4, 0.5) is 5.95 Å². The topological polar surface area (TPSA) is 89.3 Å². The van der Waals surface area contributed by atoms with Crippen molar-refractivity contribution in [1.82, 2.24) is 14.8 Å². The number of nitrogens with one attached hydrogen (secondary N) is 1. The lowest BCUT2D eigenvalue weighted by Crippen LogP contribution is -2.24. The summed E-state index contributed by atoms with van der Waals surface area (Å²) in [6.45, 7) is 4.73. The lowest BCUT2D eigenvalue weighted by Gasteiger charge is -2.24. The quantitative estimate of drug-likeness (QED) is 0.880. The van der Waals surface area contributed by atoms with E-state index in [2.05, 4.69) is 29.2 Å². The van der Waals surface area contributed by atoms with Gasteiger partial charge in [0.15, 0.2) is 0 Å². The maximum Gasteiger partial charge on any atom is 0.352 e. The Balaban J connectivity index is 2.02. The van der Waals surface area contributed by atoms with Gasteiger partial charge in [0.1, 0.15) is 23.8 Å². The molecule has 3 rings (SSSR count). The lowest BCUT2D eigenvalue weighted by molar-refractivity contribution is -0.132. The zero-order valence-corrected chi connectivity index (χ0v) is 12.9. The van der Waals surface area contributed by atoms with E-state index in [1.165, 1.54) is 6.33 Å². The first kappa shape index (κ1) is 15.1. The average molecular weight is 314 g/mol. The molecule has 23 heavy (non-hydrogen) atoms. The number of carboxylic acid groups (broad SMARTS) is 1. The van der Waals surface area contributed by atoms with Crippen molar-refractivity contribution in [2.75, 3.05) is 11.9 Å². The van der Waals surface area contributed by atoms with Gasteiger partial charge in [0.25, 0.3) is 0 Å². The van der Waals surface area contributed by atoms with Crippen molar-refractivity contribution in [2.24, 2.45) is 5.92 Å². The van der Waals surface area contributed by atoms with E-state index in [0.717, 1.165) is 11.3 Å². The summed E-state index contributed by atoms with van der Waals surface area (Å²) in [7, 11) is 0. The molecule has 0 unspecified atom stereocenters. The minimum absolute atomic E-state index is 0.0779. The standard InChI is InChI=1S/C16H18N4O3/c1-10(2)8-23-14-6-4-3-5-11(14)13-7-12(15(21)22)19-16-17-9-18-20(13)16/h3-7,9-10,13H,8H2,1-2H3,(H,21,22)(H,17,18,19)/t13-/m0/s1. The van der Waals surface area contributed by atoms with E-state index in [9.17, 15) is 9.90 Å². The maximum atomic E-state index is 11.3. The Hall–Kier alpha value is -2.83. The fourth-order valence-corrected chi connectivity index (χ4v) is 2.39. The van der Waals surface area contributed by atoms with Crippen LogP contribution in [0.5, 0.6) is 5.75 Å². The number of carboxylic acids is 1. The molecule has 0 radical (unpaired) electrons. The number of rotatable bonds is 5. The van der Waals surface area contributed by atoms with Crippen LogP contribution in [0.2, 0.25) is 0 Å². The number of hydrogen-bond acceptors (Lipinski definition) is 5. The molecule has 2 N–H and O–H groups in total. The minimum Gasteiger partial charge on any atom is -0.493 e. The van der Waals surface area contributed by atoms with Crippen molar-refractivity contribution in [3.8, 4) is 5.75 Å². The van der Waals surface area contributed by atoms with Gasteiger partial charge in [-0.1, -0.05) is 32.0 Å². The van der Waals surface area contributed by atoms with Crippen molar-refractivity contribution < 1.29 is 14.6 Å². The number of nitrogens with zero attached hydrogens (tertiary/aromatic N) is 3. The summed E-state index contributed by atoms with van der Waals surface area (Å²) in [5.41, 5.74) is 0.925. The molecule has 7 heteroatoms. The van der Waals surface area contributed by atoms with Gasteiger partial charge in [-0.25, -0.2) is 9.48 Å². The third kappa shape index (κ3) is 3.03. The van der Waals surface area contributed by atoms with Crippen molar-refractivity contribution >= 4 is 11.9 Å². The van der Waals surface area contributed by atoms with Crippen LogP contribution in [0.15, 0.2) is 42.4 Å². The fourth-order valence-electron chi connectivity index (χ4n) is 2.39. The molecule has 1 aromatic carbocycles. The number of carbonyl (C=O) groups is 1. The van der Waals surface area contributed by atoms with Crippen molar-refractivity contribution in [3.63, 3.8) is 0 Å². The zero-order chi connectivity index (χ0) is 16.4. The Morgan fingerprint density at radius 2 is 2.22 bits per heavy atom. The van der Waals surface area contributed by atoms with E-state index in [0.29, 0.717) is 18.5 Å². The number of anilines is 1. The molecule has 0 saturated heterocycles. The predicted octanol–water partition coefficient (Wildman–Crippen LogP) is 2.30. The summed E-state index contributed by atoms with van der Waals surface area (Å²) in [5, 5.41) is 16.2. The highest BCUT2D eigenvalue weighted by Gasteiger charge is 2.27. The van der Waals surface area contributed by atoms with Crippen molar-refractivity contribution in [3.05, 3.63) is 47.9 Å². The second-order valence-corrected chi connectivity index (χ2v) is 5.73. The summed E-state index contributed by atoms with van der Waals surface area (Å²) in [5.74, 6) is 0.470. The molecule has 0 fully saturated rings. The third-order valence-electron chi connectivity index (χ3n) is 3.45. The van der Waals surface area contributed by atoms with Gasteiger partial charge in [-0.2, -0.15) is 10.1 Å². The van der Waals surface area contributed by atoms with Gasteiger partial charge in [0.2, 0.25) is 5.95 Å². The summed E-state index contributed by atoms with van der Waals surface area (Å²) in [4.78, 5) is 15.4. The zero-order valence-electron chi connectivity index (χ0n) is 12.9. The van der Waals surface area contributed by atoms with Crippen LogP contribution in [0.25, 0.3) is 0 Å². The largest absolute Gasteiger partial charge is 0.493 e.